The summed E-state index contributed by atoms with van der Waals surface area (Å²) >= 11 is 0. The van der Waals surface area contributed by atoms with Crippen LogP contribution in [0.5, 0.6) is 0 Å². The van der Waals surface area contributed by atoms with Crippen LogP contribution in [-0.2, 0) is 0 Å². The third kappa shape index (κ3) is 2.17. The summed E-state index contributed by atoms with van der Waals surface area (Å²) in [5, 5.41) is 15.5. The molecule has 4 nitrogen and oxygen atoms in total. The average molecular weight is 226 g/mol. The van der Waals surface area contributed by atoms with Crippen LogP contribution >= 0.6 is 0 Å². The number of nitrogens with one attached hydrogen (secondary N) is 2. The molecular weight excluding hydrogens is 204 g/mol. The first-order chi connectivity index (χ1) is 7.50. The number of amides is 2. The van der Waals surface area contributed by atoms with Crippen molar-refractivity contribution in [3.05, 3.63) is 0 Å². The number of rotatable bonds is 2. The van der Waals surface area contributed by atoms with Crippen LogP contribution in [0.2, 0.25) is 0 Å². The van der Waals surface area contributed by atoms with Crippen LogP contribution in [-0.4, -0.2) is 29.3 Å². The van der Waals surface area contributed by atoms with Gasteiger partial charge < -0.3 is 15.7 Å². The zero-order valence-corrected chi connectivity index (χ0v) is 10.1. The minimum Gasteiger partial charge on any atom is -0.392 e. The molecule has 2 aliphatic rings. The van der Waals surface area contributed by atoms with Gasteiger partial charge in [0.25, 0.3) is 0 Å². The number of hydrogen-bond acceptors (Lipinski definition) is 2. The summed E-state index contributed by atoms with van der Waals surface area (Å²) in [4.78, 5) is 11.7. The van der Waals surface area contributed by atoms with Gasteiger partial charge >= 0.3 is 6.03 Å². The first-order valence-electron chi connectivity index (χ1n) is 6.25. The second kappa shape index (κ2) is 4.24. The van der Waals surface area contributed by atoms with Gasteiger partial charge in [0.05, 0.1) is 6.10 Å². The van der Waals surface area contributed by atoms with Gasteiger partial charge in [-0.1, -0.05) is 26.7 Å². The van der Waals surface area contributed by atoms with Crippen molar-refractivity contribution < 1.29 is 9.90 Å². The van der Waals surface area contributed by atoms with Crippen LogP contribution in [0.3, 0.4) is 0 Å². The highest BCUT2D eigenvalue weighted by Crippen LogP contribution is 2.40. The van der Waals surface area contributed by atoms with Crippen molar-refractivity contribution in [2.75, 3.05) is 0 Å². The summed E-state index contributed by atoms with van der Waals surface area (Å²) in [6, 6.07) is 0.383. The summed E-state index contributed by atoms with van der Waals surface area (Å²) in [6.45, 7) is 3.98. The molecule has 0 heterocycles. The molecular formula is C12H22N2O2. The maximum atomic E-state index is 11.7. The fourth-order valence-electron chi connectivity index (χ4n) is 2.60. The predicted octanol–water partition coefficient (Wildman–Crippen LogP) is 1.39. The maximum Gasteiger partial charge on any atom is 0.315 e. The van der Waals surface area contributed by atoms with Gasteiger partial charge in [0.2, 0.25) is 0 Å². The monoisotopic (exact) mass is 226 g/mol. The molecule has 0 aromatic carbocycles. The number of carbonyl (C=O) groups excluding carboxylic acids is 1. The first kappa shape index (κ1) is 11.7. The maximum absolute atomic E-state index is 11.7. The summed E-state index contributed by atoms with van der Waals surface area (Å²) in [5.74, 6) is 0. The molecule has 2 aliphatic carbocycles. The van der Waals surface area contributed by atoms with E-state index in [4.69, 9.17) is 0 Å². The molecule has 3 N–H and O–H groups in total. The number of carbonyl (C=O) groups is 1. The zero-order valence-electron chi connectivity index (χ0n) is 10.1. The van der Waals surface area contributed by atoms with Gasteiger partial charge in [0.1, 0.15) is 0 Å². The van der Waals surface area contributed by atoms with Crippen molar-refractivity contribution in [2.45, 2.75) is 64.1 Å². The number of aliphatic hydroxyl groups is 1. The largest absolute Gasteiger partial charge is 0.392 e. The molecule has 16 heavy (non-hydrogen) atoms. The van der Waals surface area contributed by atoms with Crippen molar-refractivity contribution in [2.24, 2.45) is 5.41 Å². The molecule has 2 fully saturated rings. The molecule has 2 unspecified atom stereocenters. The number of urea groups is 1. The molecule has 0 radical (unpaired) electrons. The van der Waals surface area contributed by atoms with E-state index in [1.54, 1.807) is 0 Å². The number of hydrogen-bond donors (Lipinski definition) is 3. The van der Waals surface area contributed by atoms with Gasteiger partial charge in [0.15, 0.2) is 0 Å². The van der Waals surface area contributed by atoms with E-state index in [2.05, 4.69) is 10.6 Å². The Morgan fingerprint density at radius 3 is 2.38 bits per heavy atom. The van der Waals surface area contributed by atoms with Crippen LogP contribution < -0.4 is 10.6 Å². The second-order valence-corrected chi connectivity index (χ2v) is 5.72. The van der Waals surface area contributed by atoms with Crippen LogP contribution in [0.4, 0.5) is 4.79 Å². The lowest BCUT2D eigenvalue weighted by molar-refractivity contribution is -0.0679. The lowest BCUT2D eigenvalue weighted by Crippen LogP contribution is -2.62. The highest BCUT2D eigenvalue weighted by atomic mass is 16.3. The van der Waals surface area contributed by atoms with Gasteiger partial charge in [-0.05, 0) is 19.3 Å². The van der Waals surface area contributed by atoms with Crippen molar-refractivity contribution in [3.63, 3.8) is 0 Å². The molecule has 0 bridgehead atoms. The second-order valence-electron chi connectivity index (χ2n) is 5.72. The van der Waals surface area contributed by atoms with E-state index in [1.165, 1.54) is 12.8 Å². The molecule has 2 rings (SSSR count). The van der Waals surface area contributed by atoms with Gasteiger partial charge in [-0.15, -0.1) is 0 Å². The Morgan fingerprint density at radius 1 is 1.25 bits per heavy atom. The minimum atomic E-state index is -0.288. The average Bonchev–Trinajstić information content (AvgIpc) is 2.70. The summed E-state index contributed by atoms with van der Waals surface area (Å²) in [6.07, 6.45) is 5.03. The van der Waals surface area contributed by atoms with Crippen LogP contribution in [0, 0.1) is 5.41 Å². The summed E-state index contributed by atoms with van der Waals surface area (Å²) in [5.41, 5.74) is -0.187. The Bertz CT molecular complexity index is 272. The molecule has 0 saturated heterocycles. The minimum absolute atomic E-state index is 0.0723. The Labute approximate surface area is 96.8 Å². The van der Waals surface area contributed by atoms with E-state index in [0.29, 0.717) is 12.5 Å². The Kier molecular flexibility index (Phi) is 3.10. The molecule has 0 aromatic heterocycles. The fourth-order valence-corrected chi connectivity index (χ4v) is 2.60. The van der Waals surface area contributed by atoms with Crippen molar-refractivity contribution >= 4 is 6.03 Å². The Hall–Kier alpha value is -0.770. The third-order valence-electron chi connectivity index (χ3n) is 4.21. The quantitative estimate of drug-likeness (QED) is 0.666. The summed E-state index contributed by atoms with van der Waals surface area (Å²) in [7, 11) is 0. The molecule has 2 atom stereocenters. The highest BCUT2D eigenvalue weighted by Gasteiger charge is 2.48. The van der Waals surface area contributed by atoms with Gasteiger partial charge in [-0.25, -0.2) is 4.79 Å². The predicted molar refractivity (Wildman–Crippen MR) is 62.1 cm³/mol. The molecule has 2 amide bonds. The third-order valence-corrected chi connectivity index (χ3v) is 4.21. The van der Waals surface area contributed by atoms with Crippen LogP contribution in [0.1, 0.15) is 46.0 Å². The summed E-state index contributed by atoms with van der Waals surface area (Å²) < 4.78 is 0. The lowest BCUT2D eigenvalue weighted by atomic mass is 9.65. The SMILES string of the molecule is CC1(C)C(O)CC1NC(=O)NC1CCCC1. The smallest absolute Gasteiger partial charge is 0.315 e. The van der Waals surface area contributed by atoms with E-state index in [1.807, 2.05) is 13.8 Å². The van der Waals surface area contributed by atoms with Gasteiger partial charge in [-0.3, -0.25) is 0 Å². The van der Waals surface area contributed by atoms with Crippen molar-refractivity contribution in [1.29, 1.82) is 0 Å². The molecule has 0 spiro atoms. The normalized spacial score (nSPS) is 33.2. The Balaban J connectivity index is 1.75. The topological polar surface area (TPSA) is 61.4 Å². The van der Waals surface area contributed by atoms with E-state index in [9.17, 15) is 9.90 Å². The van der Waals surface area contributed by atoms with Gasteiger partial charge in [-0.2, -0.15) is 0 Å². The fraction of sp³-hybridized carbons (Fsp3) is 0.917. The molecule has 0 aromatic rings. The number of aliphatic hydroxyl groups excluding tert-OH is 1. The highest BCUT2D eigenvalue weighted by molar-refractivity contribution is 5.74. The zero-order chi connectivity index (χ0) is 11.8. The van der Waals surface area contributed by atoms with E-state index < -0.39 is 0 Å². The van der Waals surface area contributed by atoms with Crippen LogP contribution in [0.15, 0.2) is 0 Å². The lowest BCUT2D eigenvalue weighted by Gasteiger charge is -2.49. The Morgan fingerprint density at radius 2 is 1.88 bits per heavy atom. The van der Waals surface area contributed by atoms with E-state index in [0.717, 1.165) is 12.8 Å². The molecule has 2 saturated carbocycles. The van der Waals surface area contributed by atoms with Gasteiger partial charge in [0, 0.05) is 17.5 Å². The van der Waals surface area contributed by atoms with Crippen molar-refractivity contribution in [3.8, 4) is 0 Å². The van der Waals surface area contributed by atoms with Crippen molar-refractivity contribution in [1.82, 2.24) is 10.6 Å². The van der Waals surface area contributed by atoms with E-state index in [-0.39, 0.29) is 23.6 Å². The first-order valence-corrected chi connectivity index (χ1v) is 6.25. The van der Waals surface area contributed by atoms with Crippen LogP contribution in [0.25, 0.3) is 0 Å². The molecule has 92 valence electrons. The standard InChI is InChI=1S/C12H22N2O2/c1-12(2)9(7-10(12)15)14-11(16)13-8-5-3-4-6-8/h8-10,15H,3-7H2,1-2H3,(H2,13,14,16). The van der Waals surface area contributed by atoms with E-state index >= 15 is 0 Å². The molecule has 0 aliphatic heterocycles. The molecule has 4 heteroatoms.